The number of hydrogen-bond acceptors (Lipinski definition) is 6. The lowest BCUT2D eigenvalue weighted by molar-refractivity contribution is -0.0498. The lowest BCUT2D eigenvalue weighted by Gasteiger charge is -2.14. The van der Waals surface area contributed by atoms with Crippen LogP contribution in [0.5, 0.6) is 5.75 Å². The summed E-state index contributed by atoms with van der Waals surface area (Å²) in [6.45, 7) is -1.05. The standard InChI is InChI=1S/C12H13F2N3O3S2/c1-7(8-2-4-9(5-3-8)20-11(13)14)17-12-16-6-10(21-12)22(15,18)19/h2-7,11H,1H3,(H,16,17)(H2,15,18,19). The van der Waals surface area contributed by atoms with Gasteiger partial charge in [0.05, 0.1) is 12.2 Å². The molecule has 2 rings (SSSR count). The average Bonchev–Trinajstić information content (AvgIpc) is 2.87. The molecule has 1 aromatic heterocycles. The Bertz CT molecular complexity index is 732. The molecule has 0 aliphatic heterocycles. The Labute approximate surface area is 130 Å². The van der Waals surface area contributed by atoms with Gasteiger partial charge >= 0.3 is 6.61 Å². The summed E-state index contributed by atoms with van der Waals surface area (Å²) in [5.41, 5.74) is 0.800. The smallest absolute Gasteiger partial charge is 0.387 e. The van der Waals surface area contributed by atoms with E-state index in [1.165, 1.54) is 18.3 Å². The monoisotopic (exact) mass is 349 g/mol. The van der Waals surface area contributed by atoms with Crippen LogP contribution in [0, 0.1) is 0 Å². The molecule has 0 radical (unpaired) electrons. The molecule has 1 aromatic carbocycles. The number of hydrogen-bond donors (Lipinski definition) is 2. The highest BCUT2D eigenvalue weighted by molar-refractivity contribution is 7.91. The molecule has 1 atom stereocenters. The van der Waals surface area contributed by atoms with Gasteiger partial charge in [0.1, 0.15) is 5.75 Å². The number of thiazole rings is 1. The Balaban J connectivity index is 2.05. The van der Waals surface area contributed by atoms with Crippen molar-refractivity contribution < 1.29 is 21.9 Å². The minimum Gasteiger partial charge on any atom is -0.435 e. The molecule has 6 nitrogen and oxygen atoms in total. The van der Waals surface area contributed by atoms with Gasteiger partial charge in [-0.2, -0.15) is 8.78 Å². The van der Waals surface area contributed by atoms with Gasteiger partial charge in [0.2, 0.25) is 10.0 Å². The van der Waals surface area contributed by atoms with Gasteiger partial charge in [0.25, 0.3) is 0 Å². The van der Waals surface area contributed by atoms with E-state index in [1.54, 1.807) is 12.1 Å². The molecular formula is C12H13F2N3O3S2. The lowest BCUT2D eigenvalue weighted by Crippen LogP contribution is -2.10. The summed E-state index contributed by atoms with van der Waals surface area (Å²) in [7, 11) is -3.77. The van der Waals surface area contributed by atoms with E-state index in [0.717, 1.165) is 16.9 Å². The zero-order valence-corrected chi connectivity index (χ0v) is 13.0. The molecule has 120 valence electrons. The molecule has 0 saturated heterocycles. The summed E-state index contributed by atoms with van der Waals surface area (Å²) in [6.07, 6.45) is 1.18. The van der Waals surface area contributed by atoms with Crippen LogP contribution in [0.1, 0.15) is 18.5 Å². The van der Waals surface area contributed by atoms with Crippen LogP contribution in [0.25, 0.3) is 0 Å². The molecule has 2 aromatic rings. The van der Waals surface area contributed by atoms with Gasteiger partial charge in [-0.3, -0.25) is 0 Å². The van der Waals surface area contributed by atoms with Crippen LogP contribution in [-0.2, 0) is 10.0 Å². The fraction of sp³-hybridized carbons (Fsp3) is 0.250. The third-order valence-corrected chi connectivity index (χ3v) is 5.05. The second kappa shape index (κ2) is 6.55. The number of alkyl halides is 2. The summed E-state index contributed by atoms with van der Waals surface area (Å²) >= 11 is 0.915. The maximum atomic E-state index is 12.1. The van der Waals surface area contributed by atoms with Gasteiger partial charge in [-0.1, -0.05) is 23.5 Å². The number of ether oxygens (including phenoxy) is 1. The summed E-state index contributed by atoms with van der Waals surface area (Å²) in [4.78, 5) is 3.93. The average molecular weight is 349 g/mol. The molecule has 0 saturated carbocycles. The van der Waals surface area contributed by atoms with Crippen molar-refractivity contribution in [2.45, 2.75) is 23.8 Å². The number of rotatable bonds is 6. The van der Waals surface area contributed by atoms with E-state index in [0.29, 0.717) is 5.13 Å². The number of sulfonamides is 1. The molecule has 0 fully saturated rings. The van der Waals surface area contributed by atoms with Gasteiger partial charge in [-0.25, -0.2) is 18.5 Å². The van der Waals surface area contributed by atoms with Crippen LogP contribution in [-0.4, -0.2) is 20.0 Å². The second-order valence-corrected chi connectivity index (χ2v) is 7.16. The number of nitrogens with zero attached hydrogens (tertiary/aromatic N) is 1. The minimum absolute atomic E-state index is 0.0390. The van der Waals surface area contributed by atoms with Crippen LogP contribution in [0.2, 0.25) is 0 Å². The summed E-state index contributed by atoms with van der Waals surface area (Å²) in [6, 6.07) is 5.90. The van der Waals surface area contributed by atoms with Gasteiger partial charge < -0.3 is 10.1 Å². The molecule has 0 aliphatic carbocycles. The zero-order chi connectivity index (χ0) is 16.3. The van der Waals surface area contributed by atoms with Crippen LogP contribution in [0.4, 0.5) is 13.9 Å². The molecule has 1 heterocycles. The fourth-order valence-corrected chi connectivity index (χ4v) is 3.20. The van der Waals surface area contributed by atoms with Crippen molar-refractivity contribution >= 4 is 26.5 Å². The topological polar surface area (TPSA) is 94.3 Å². The molecule has 0 spiro atoms. The van der Waals surface area contributed by atoms with Gasteiger partial charge in [-0.15, -0.1) is 0 Å². The Morgan fingerprint density at radius 2 is 1.95 bits per heavy atom. The first-order valence-electron chi connectivity index (χ1n) is 6.05. The molecular weight excluding hydrogens is 336 g/mol. The van der Waals surface area contributed by atoms with Crippen molar-refractivity contribution in [1.82, 2.24) is 4.98 Å². The van der Waals surface area contributed by atoms with E-state index in [4.69, 9.17) is 5.14 Å². The fourth-order valence-electron chi connectivity index (χ4n) is 1.66. The van der Waals surface area contributed by atoms with Crippen LogP contribution in [0.3, 0.4) is 0 Å². The molecule has 1 unspecified atom stereocenters. The maximum Gasteiger partial charge on any atom is 0.387 e. The molecule has 22 heavy (non-hydrogen) atoms. The van der Waals surface area contributed by atoms with E-state index in [2.05, 4.69) is 15.0 Å². The molecule has 0 aliphatic rings. The van der Waals surface area contributed by atoms with E-state index in [1.807, 2.05) is 6.92 Å². The number of anilines is 1. The zero-order valence-electron chi connectivity index (χ0n) is 11.4. The highest BCUT2D eigenvalue weighted by Gasteiger charge is 2.14. The van der Waals surface area contributed by atoms with E-state index in [9.17, 15) is 17.2 Å². The lowest BCUT2D eigenvalue weighted by atomic mass is 10.1. The SMILES string of the molecule is CC(Nc1ncc(S(N)(=O)=O)s1)c1ccc(OC(F)F)cc1. The molecule has 0 amide bonds. The number of primary sulfonamides is 1. The van der Waals surface area contributed by atoms with E-state index < -0.39 is 16.6 Å². The van der Waals surface area contributed by atoms with Crippen molar-refractivity contribution in [1.29, 1.82) is 0 Å². The summed E-state index contributed by atoms with van der Waals surface area (Å²) in [5, 5.41) is 8.41. The Hall–Kier alpha value is -1.78. The highest BCUT2D eigenvalue weighted by atomic mass is 32.2. The van der Waals surface area contributed by atoms with Gasteiger partial charge in [0, 0.05) is 0 Å². The summed E-state index contributed by atoms with van der Waals surface area (Å²) < 4.78 is 50.7. The Morgan fingerprint density at radius 1 is 1.32 bits per heavy atom. The van der Waals surface area contributed by atoms with Crippen LogP contribution < -0.4 is 15.2 Å². The first-order chi connectivity index (χ1) is 10.3. The van der Waals surface area contributed by atoms with E-state index >= 15 is 0 Å². The quantitative estimate of drug-likeness (QED) is 0.836. The van der Waals surface area contributed by atoms with Crippen molar-refractivity contribution in [3.8, 4) is 5.75 Å². The second-order valence-electron chi connectivity index (χ2n) is 4.34. The number of benzene rings is 1. The van der Waals surface area contributed by atoms with Crippen molar-refractivity contribution in [3.05, 3.63) is 36.0 Å². The predicted molar refractivity (Wildman–Crippen MR) is 78.6 cm³/mol. The number of halogens is 2. The number of nitrogens with two attached hydrogens (primary N) is 1. The van der Waals surface area contributed by atoms with Crippen molar-refractivity contribution in [2.24, 2.45) is 5.14 Å². The van der Waals surface area contributed by atoms with E-state index in [-0.39, 0.29) is 16.0 Å². The third-order valence-electron chi connectivity index (χ3n) is 2.71. The third kappa shape index (κ3) is 4.36. The number of nitrogens with one attached hydrogen (secondary N) is 1. The first-order valence-corrected chi connectivity index (χ1v) is 8.42. The maximum absolute atomic E-state index is 12.1. The Morgan fingerprint density at radius 3 is 2.45 bits per heavy atom. The van der Waals surface area contributed by atoms with Crippen molar-refractivity contribution in [3.63, 3.8) is 0 Å². The predicted octanol–water partition coefficient (Wildman–Crippen LogP) is 2.57. The Kier molecular flexibility index (Phi) is 4.94. The van der Waals surface area contributed by atoms with Crippen molar-refractivity contribution in [2.75, 3.05) is 5.32 Å². The normalized spacial score (nSPS) is 13.1. The molecule has 0 bridgehead atoms. The highest BCUT2D eigenvalue weighted by Crippen LogP contribution is 2.26. The van der Waals surface area contributed by atoms with Gasteiger partial charge in [-0.05, 0) is 24.6 Å². The molecule has 3 N–H and O–H groups in total. The first kappa shape index (κ1) is 16.6. The minimum atomic E-state index is -3.77. The van der Waals surface area contributed by atoms with Gasteiger partial charge in [0.15, 0.2) is 9.34 Å². The summed E-state index contributed by atoms with van der Waals surface area (Å²) in [5.74, 6) is 0.0664. The largest absolute Gasteiger partial charge is 0.435 e. The van der Waals surface area contributed by atoms with Crippen LogP contribution >= 0.6 is 11.3 Å². The van der Waals surface area contributed by atoms with Crippen LogP contribution in [0.15, 0.2) is 34.7 Å². The number of aromatic nitrogens is 1. The molecule has 10 heteroatoms.